The first-order valence-electron chi connectivity index (χ1n) is 2.16. The van der Waals surface area contributed by atoms with E-state index in [0.717, 1.165) is 0 Å². The molecule has 0 amide bonds. The van der Waals surface area contributed by atoms with Crippen LogP contribution in [0.15, 0.2) is 0 Å². The first kappa shape index (κ1) is 9.23. The summed E-state index contributed by atoms with van der Waals surface area (Å²) in [5.41, 5.74) is 0. The summed E-state index contributed by atoms with van der Waals surface area (Å²) in [7, 11) is -4.54. The van der Waals surface area contributed by atoms with Crippen molar-refractivity contribution in [2.45, 2.75) is 6.10 Å². The molecule has 0 rings (SSSR count). The second-order valence-electron chi connectivity index (χ2n) is 1.31. The molecule has 0 aliphatic rings. The summed E-state index contributed by atoms with van der Waals surface area (Å²) in [4.78, 5) is 16.3. The van der Waals surface area contributed by atoms with Crippen LogP contribution in [0.2, 0.25) is 0 Å². The number of terminal acetylenes is 2. The predicted octanol–water partition coefficient (Wildman–Crippen LogP) is -0.269. The van der Waals surface area contributed by atoms with Crippen molar-refractivity contribution >= 4 is 7.82 Å². The van der Waals surface area contributed by atoms with Crippen LogP contribution in [0.1, 0.15) is 0 Å². The van der Waals surface area contributed by atoms with E-state index in [2.05, 4.69) is 4.52 Å². The lowest BCUT2D eigenvalue weighted by Gasteiger charge is -2.05. The third-order valence-corrected chi connectivity index (χ3v) is 1.03. The van der Waals surface area contributed by atoms with E-state index in [0.29, 0.717) is 0 Å². The van der Waals surface area contributed by atoms with Crippen LogP contribution in [0.3, 0.4) is 0 Å². The van der Waals surface area contributed by atoms with Crippen molar-refractivity contribution in [2.75, 3.05) is 0 Å². The predicted molar refractivity (Wildman–Crippen MR) is 34.6 cm³/mol. The molecular formula is C5H5O4P. The third kappa shape index (κ3) is 4.14. The van der Waals surface area contributed by atoms with Crippen LogP contribution in [-0.4, -0.2) is 15.9 Å². The second kappa shape index (κ2) is 3.41. The SMILES string of the molecule is C#CC(C#C)OP(=O)(O)O. The van der Waals surface area contributed by atoms with Gasteiger partial charge in [0.25, 0.3) is 0 Å². The molecule has 0 aliphatic heterocycles. The summed E-state index contributed by atoms with van der Waals surface area (Å²) in [5.74, 6) is 3.72. The van der Waals surface area contributed by atoms with E-state index in [1.807, 2.05) is 11.8 Å². The van der Waals surface area contributed by atoms with Crippen LogP contribution in [-0.2, 0) is 9.09 Å². The minimum Gasteiger partial charge on any atom is -0.303 e. The molecule has 2 N–H and O–H groups in total. The standard InChI is InChI=1S/C5H5O4P/c1-3-5(4-2)9-10(6,7)8/h1-2,5H,(H2,6,7,8). The van der Waals surface area contributed by atoms with Gasteiger partial charge in [-0.25, -0.2) is 4.57 Å². The van der Waals surface area contributed by atoms with Crippen LogP contribution >= 0.6 is 7.82 Å². The monoisotopic (exact) mass is 160 g/mol. The van der Waals surface area contributed by atoms with Gasteiger partial charge in [-0.1, -0.05) is 11.8 Å². The molecule has 0 aliphatic carbocycles. The van der Waals surface area contributed by atoms with Gasteiger partial charge in [0.15, 0.2) is 6.10 Å². The van der Waals surface area contributed by atoms with Crippen molar-refractivity contribution in [1.82, 2.24) is 0 Å². The van der Waals surface area contributed by atoms with E-state index >= 15 is 0 Å². The van der Waals surface area contributed by atoms with Crippen molar-refractivity contribution in [3.63, 3.8) is 0 Å². The van der Waals surface area contributed by atoms with Crippen molar-refractivity contribution in [3.05, 3.63) is 0 Å². The Balaban J connectivity index is 4.07. The Morgan fingerprint density at radius 2 is 1.80 bits per heavy atom. The first-order chi connectivity index (χ1) is 4.49. The largest absolute Gasteiger partial charge is 0.471 e. The van der Waals surface area contributed by atoms with E-state index in [9.17, 15) is 4.57 Å². The van der Waals surface area contributed by atoms with Gasteiger partial charge in [0.1, 0.15) is 0 Å². The maximum atomic E-state index is 10.0. The van der Waals surface area contributed by atoms with E-state index in [4.69, 9.17) is 22.6 Å². The first-order valence-corrected chi connectivity index (χ1v) is 3.69. The minimum absolute atomic E-state index is 1.26. The summed E-state index contributed by atoms with van der Waals surface area (Å²) >= 11 is 0. The summed E-state index contributed by atoms with van der Waals surface area (Å²) < 4.78 is 14.0. The number of phosphoric acid groups is 1. The molecule has 0 heterocycles. The molecule has 0 aromatic carbocycles. The van der Waals surface area contributed by atoms with Gasteiger partial charge in [-0.3, -0.25) is 4.52 Å². The Morgan fingerprint density at radius 3 is 1.90 bits per heavy atom. The van der Waals surface area contributed by atoms with Gasteiger partial charge in [-0.2, -0.15) is 0 Å². The molecule has 0 fully saturated rings. The van der Waals surface area contributed by atoms with Crippen molar-refractivity contribution in [2.24, 2.45) is 0 Å². The normalized spacial score (nSPS) is 10.5. The third-order valence-electron chi connectivity index (χ3n) is 0.545. The van der Waals surface area contributed by atoms with Crippen molar-refractivity contribution in [3.8, 4) is 24.7 Å². The minimum atomic E-state index is -4.54. The molecule has 0 unspecified atom stereocenters. The zero-order valence-corrected chi connectivity index (χ0v) is 5.78. The Labute approximate surface area is 58.4 Å². The van der Waals surface area contributed by atoms with E-state index in [1.54, 1.807) is 0 Å². The Bertz CT molecular complexity index is 213. The van der Waals surface area contributed by atoms with E-state index in [1.165, 1.54) is 0 Å². The van der Waals surface area contributed by atoms with Gasteiger partial charge in [0.05, 0.1) is 0 Å². The summed E-state index contributed by atoms with van der Waals surface area (Å²) in [6, 6.07) is 0. The topological polar surface area (TPSA) is 66.8 Å². The van der Waals surface area contributed by atoms with Crippen molar-refractivity contribution < 1.29 is 18.9 Å². The van der Waals surface area contributed by atoms with Gasteiger partial charge in [-0.15, -0.1) is 12.8 Å². The average Bonchev–Trinajstić information content (AvgIpc) is 1.81. The Morgan fingerprint density at radius 1 is 1.40 bits per heavy atom. The van der Waals surface area contributed by atoms with Gasteiger partial charge >= 0.3 is 7.82 Å². The fraction of sp³-hybridized carbons (Fsp3) is 0.200. The molecule has 10 heavy (non-hydrogen) atoms. The lowest BCUT2D eigenvalue weighted by molar-refractivity contribution is 0.193. The number of hydrogen-bond acceptors (Lipinski definition) is 2. The molecule has 0 saturated heterocycles. The second-order valence-corrected chi connectivity index (χ2v) is 2.50. The van der Waals surface area contributed by atoms with Crippen LogP contribution in [0.4, 0.5) is 0 Å². The lowest BCUT2D eigenvalue weighted by atomic mass is 10.4. The highest BCUT2D eigenvalue weighted by atomic mass is 31.2. The van der Waals surface area contributed by atoms with Crippen LogP contribution in [0.25, 0.3) is 0 Å². The fourth-order valence-electron chi connectivity index (χ4n) is 0.246. The highest BCUT2D eigenvalue weighted by molar-refractivity contribution is 7.46. The molecular weight excluding hydrogens is 155 g/mol. The molecule has 0 spiro atoms. The summed E-state index contributed by atoms with van der Waals surface area (Å²) in [5, 5.41) is 0. The molecule has 0 bridgehead atoms. The van der Waals surface area contributed by atoms with Gasteiger partial charge < -0.3 is 9.79 Å². The quantitative estimate of drug-likeness (QED) is 0.431. The molecule has 0 aromatic heterocycles. The fourth-order valence-corrected chi connectivity index (χ4v) is 0.643. The zero-order valence-electron chi connectivity index (χ0n) is 4.89. The van der Waals surface area contributed by atoms with Gasteiger partial charge in [0, 0.05) is 0 Å². The maximum absolute atomic E-state index is 10.0. The lowest BCUT2D eigenvalue weighted by Crippen LogP contribution is -2.04. The average molecular weight is 160 g/mol. The van der Waals surface area contributed by atoms with Gasteiger partial charge in [0.2, 0.25) is 0 Å². The molecule has 5 heteroatoms. The molecule has 54 valence electrons. The van der Waals surface area contributed by atoms with E-state index < -0.39 is 13.9 Å². The van der Waals surface area contributed by atoms with Crippen LogP contribution < -0.4 is 0 Å². The molecule has 4 nitrogen and oxygen atoms in total. The van der Waals surface area contributed by atoms with Crippen LogP contribution in [0, 0.1) is 24.7 Å². The molecule has 0 radical (unpaired) electrons. The van der Waals surface area contributed by atoms with Gasteiger partial charge in [-0.05, 0) is 0 Å². The number of rotatable bonds is 2. The molecule has 0 saturated carbocycles. The molecule has 0 atom stereocenters. The molecule has 0 aromatic rings. The smallest absolute Gasteiger partial charge is 0.303 e. The maximum Gasteiger partial charge on any atom is 0.471 e. The van der Waals surface area contributed by atoms with E-state index in [-0.39, 0.29) is 0 Å². The Hall–Kier alpha value is -0.770. The highest BCUT2D eigenvalue weighted by Crippen LogP contribution is 2.37. The summed E-state index contributed by atoms with van der Waals surface area (Å²) in [6.07, 6.45) is 8.20. The highest BCUT2D eigenvalue weighted by Gasteiger charge is 2.18. The zero-order chi connectivity index (χ0) is 8.20. The Kier molecular flexibility index (Phi) is 3.15. The number of hydrogen-bond donors (Lipinski definition) is 2. The summed E-state index contributed by atoms with van der Waals surface area (Å²) in [6.45, 7) is 0. The van der Waals surface area contributed by atoms with Crippen molar-refractivity contribution in [1.29, 1.82) is 0 Å². The number of phosphoric ester groups is 1. The van der Waals surface area contributed by atoms with Crippen LogP contribution in [0.5, 0.6) is 0 Å².